The average Bonchev–Trinajstić information content (AvgIpc) is 3.23. The van der Waals surface area contributed by atoms with Gasteiger partial charge < -0.3 is 4.57 Å². The van der Waals surface area contributed by atoms with E-state index in [1.54, 1.807) is 30.2 Å². The molecule has 4 aromatic rings. The van der Waals surface area contributed by atoms with Gasteiger partial charge in [0.25, 0.3) is 0 Å². The lowest BCUT2D eigenvalue weighted by molar-refractivity contribution is 0.628. The number of hydrogen-bond acceptors (Lipinski definition) is 4. The van der Waals surface area contributed by atoms with E-state index in [-0.39, 0.29) is 5.82 Å². The van der Waals surface area contributed by atoms with E-state index < -0.39 is 0 Å². The molecule has 0 radical (unpaired) electrons. The second kappa shape index (κ2) is 5.67. The molecule has 0 atom stereocenters. The quantitative estimate of drug-likeness (QED) is 0.538. The Balaban J connectivity index is 1.82. The Kier molecular flexibility index (Phi) is 3.31. The fourth-order valence-corrected chi connectivity index (χ4v) is 4.17. The van der Waals surface area contributed by atoms with E-state index in [0.29, 0.717) is 0 Å². The first-order chi connectivity index (χ1) is 12.3. The highest BCUT2D eigenvalue weighted by atomic mass is 32.2. The van der Waals surface area contributed by atoms with Gasteiger partial charge in [-0.3, -0.25) is 0 Å². The highest BCUT2D eigenvalue weighted by Crippen LogP contribution is 2.40. The fraction of sp³-hybridized carbons (Fsp3) is 0.105. The van der Waals surface area contributed by atoms with Crippen LogP contribution in [-0.4, -0.2) is 25.3 Å². The minimum Gasteiger partial charge on any atom is -0.316 e. The molecule has 122 valence electrons. The molecule has 2 aromatic heterocycles. The van der Waals surface area contributed by atoms with Gasteiger partial charge in [-0.2, -0.15) is 0 Å². The molecule has 0 unspecified atom stereocenters. The molecule has 0 N–H and O–H groups in total. The predicted molar refractivity (Wildman–Crippen MR) is 96.9 cm³/mol. The normalized spacial score (nSPS) is 13.3. The van der Waals surface area contributed by atoms with E-state index in [9.17, 15) is 4.39 Å². The lowest BCUT2D eigenvalue weighted by Gasteiger charge is -2.10. The summed E-state index contributed by atoms with van der Waals surface area (Å²) in [6.45, 7) is 0.891. The second-order valence-electron chi connectivity index (χ2n) is 5.84. The molecule has 0 spiro atoms. The predicted octanol–water partition coefficient (Wildman–Crippen LogP) is 4.41. The van der Waals surface area contributed by atoms with Crippen LogP contribution in [0.2, 0.25) is 0 Å². The van der Waals surface area contributed by atoms with E-state index in [2.05, 4.69) is 14.5 Å². The monoisotopic (exact) mass is 348 g/mol. The first kappa shape index (κ1) is 14.6. The van der Waals surface area contributed by atoms with Crippen molar-refractivity contribution in [2.24, 2.45) is 0 Å². The highest BCUT2D eigenvalue weighted by Gasteiger charge is 2.25. The van der Waals surface area contributed by atoms with Gasteiger partial charge in [0, 0.05) is 23.2 Å². The SMILES string of the molecule is Fc1ccc(-c2nc3n(c2-c2ncnc4ccccc24)CCS3)cc1. The first-order valence-electron chi connectivity index (χ1n) is 8.00. The molecule has 1 aliphatic rings. The number of benzene rings is 2. The molecular formula is C19H13FN4S. The zero-order valence-electron chi connectivity index (χ0n) is 13.2. The van der Waals surface area contributed by atoms with Gasteiger partial charge >= 0.3 is 0 Å². The van der Waals surface area contributed by atoms with Crippen LogP contribution in [0.3, 0.4) is 0 Å². The zero-order valence-corrected chi connectivity index (χ0v) is 14.0. The minimum absolute atomic E-state index is 0.251. The van der Waals surface area contributed by atoms with E-state index in [0.717, 1.165) is 51.0 Å². The number of aromatic nitrogens is 4. The van der Waals surface area contributed by atoms with Crippen LogP contribution in [0.15, 0.2) is 60.0 Å². The Hall–Kier alpha value is -2.73. The van der Waals surface area contributed by atoms with Crippen LogP contribution in [0.5, 0.6) is 0 Å². The molecule has 25 heavy (non-hydrogen) atoms. The van der Waals surface area contributed by atoms with Gasteiger partial charge in [-0.15, -0.1) is 0 Å². The van der Waals surface area contributed by atoms with Crippen LogP contribution >= 0.6 is 11.8 Å². The Morgan fingerprint density at radius 2 is 1.80 bits per heavy atom. The smallest absolute Gasteiger partial charge is 0.169 e. The molecule has 0 amide bonds. The van der Waals surface area contributed by atoms with Crippen molar-refractivity contribution in [3.8, 4) is 22.6 Å². The number of imidazole rings is 1. The van der Waals surface area contributed by atoms with E-state index in [1.165, 1.54) is 12.1 Å². The topological polar surface area (TPSA) is 43.6 Å². The first-order valence-corrected chi connectivity index (χ1v) is 8.99. The molecule has 0 aliphatic carbocycles. The maximum atomic E-state index is 13.3. The molecule has 3 heterocycles. The fourth-order valence-electron chi connectivity index (χ4n) is 3.22. The zero-order chi connectivity index (χ0) is 16.8. The molecule has 0 saturated heterocycles. The molecule has 1 aliphatic heterocycles. The largest absolute Gasteiger partial charge is 0.316 e. The summed E-state index contributed by atoms with van der Waals surface area (Å²) in [5.41, 5.74) is 4.47. The van der Waals surface area contributed by atoms with Crippen molar-refractivity contribution in [3.63, 3.8) is 0 Å². The van der Waals surface area contributed by atoms with Crippen molar-refractivity contribution in [1.29, 1.82) is 0 Å². The van der Waals surface area contributed by atoms with Gasteiger partial charge in [0.05, 0.1) is 16.9 Å². The van der Waals surface area contributed by atoms with Gasteiger partial charge in [0.1, 0.15) is 17.8 Å². The second-order valence-corrected chi connectivity index (χ2v) is 6.90. The molecule has 2 aromatic carbocycles. The molecule has 0 fully saturated rings. The number of rotatable bonds is 2. The third-order valence-corrected chi connectivity index (χ3v) is 5.32. The molecular weight excluding hydrogens is 335 g/mol. The van der Waals surface area contributed by atoms with E-state index in [4.69, 9.17) is 4.98 Å². The van der Waals surface area contributed by atoms with Crippen LogP contribution in [0.25, 0.3) is 33.5 Å². The third-order valence-electron chi connectivity index (χ3n) is 4.36. The van der Waals surface area contributed by atoms with Crippen molar-refractivity contribution < 1.29 is 4.39 Å². The Morgan fingerprint density at radius 1 is 0.960 bits per heavy atom. The van der Waals surface area contributed by atoms with Crippen LogP contribution in [-0.2, 0) is 6.54 Å². The van der Waals surface area contributed by atoms with Gasteiger partial charge in [0.15, 0.2) is 5.16 Å². The van der Waals surface area contributed by atoms with Crippen molar-refractivity contribution in [3.05, 3.63) is 60.7 Å². The summed E-state index contributed by atoms with van der Waals surface area (Å²) in [6, 6.07) is 14.4. The minimum atomic E-state index is -0.251. The number of nitrogens with zero attached hydrogens (tertiary/aromatic N) is 4. The van der Waals surface area contributed by atoms with Gasteiger partial charge in [-0.05, 0) is 30.3 Å². The summed E-state index contributed by atoms with van der Waals surface area (Å²) in [6.07, 6.45) is 1.59. The molecule has 0 saturated carbocycles. The Morgan fingerprint density at radius 3 is 2.68 bits per heavy atom. The number of fused-ring (bicyclic) bond motifs is 2. The summed E-state index contributed by atoms with van der Waals surface area (Å²) >= 11 is 1.74. The van der Waals surface area contributed by atoms with Crippen molar-refractivity contribution in [1.82, 2.24) is 19.5 Å². The molecule has 0 bridgehead atoms. The average molecular weight is 348 g/mol. The van der Waals surface area contributed by atoms with E-state index >= 15 is 0 Å². The van der Waals surface area contributed by atoms with Crippen LogP contribution in [0.1, 0.15) is 0 Å². The third kappa shape index (κ3) is 2.33. The number of thioether (sulfide) groups is 1. The van der Waals surface area contributed by atoms with Gasteiger partial charge in [-0.1, -0.05) is 30.0 Å². The molecule has 4 nitrogen and oxygen atoms in total. The van der Waals surface area contributed by atoms with Crippen molar-refractivity contribution in [2.45, 2.75) is 11.7 Å². The molecule has 6 heteroatoms. The maximum Gasteiger partial charge on any atom is 0.169 e. The summed E-state index contributed by atoms with van der Waals surface area (Å²) in [5, 5.41) is 1.98. The standard InChI is InChI=1S/C19H13FN4S/c20-13-7-5-12(6-8-13)16-18(24-9-10-25-19(24)23-16)17-14-3-1-2-4-15(14)21-11-22-17/h1-8,11H,9-10H2. The maximum absolute atomic E-state index is 13.3. The van der Waals surface area contributed by atoms with E-state index in [1.807, 2.05) is 24.3 Å². The van der Waals surface area contributed by atoms with Crippen LogP contribution in [0, 0.1) is 5.82 Å². The van der Waals surface area contributed by atoms with Crippen LogP contribution in [0.4, 0.5) is 4.39 Å². The molecule has 5 rings (SSSR count). The lowest BCUT2D eigenvalue weighted by Crippen LogP contribution is -2.00. The van der Waals surface area contributed by atoms with Crippen LogP contribution < -0.4 is 0 Å². The Bertz CT molecular complexity index is 1080. The highest BCUT2D eigenvalue weighted by molar-refractivity contribution is 7.99. The van der Waals surface area contributed by atoms with Gasteiger partial charge in [0.2, 0.25) is 0 Å². The number of para-hydroxylation sites is 1. The summed E-state index contributed by atoms with van der Waals surface area (Å²) in [4.78, 5) is 13.8. The number of halogens is 1. The van der Waals surface area contributed by atoms with Crippen molar-refractivity contribution >= 4 is 22.7 Å². The summed E-state index contributed by atoms with van der Waals surface area (Å²) in [7, 11) is 0. The number of hydrogen-bond donors (Lipinski definition) is 0. The van der Waals surface area contributed by atoms with Crippen molar-refractivity contribution in [2.75, 3.05) is 5.75 Å². The lowest BCUT2D eigenvalue weighted by atomic mass is 10.1. The Labute approximate surface area is 147 Å². The van der Waals surface area contributed by atoms with Gasteiger partial charge in [-0.25, -0.2) is 19.3 Å². The summed E-state index contributed by atoms with van der Waals surface area (Å²) < 4.78 is 15.6. The summed E-state index contributed by atoms with van der Waals surface area (Å²) in [5.74, 6) is 0.751.